The van der Waals surface area contributed by atoms with Gasteiger partial charge in [-0.1, -0.05) is 26.7 Å². The van der Waals surface area contributed by atoms with E-state index in [1.165, 1.54) is 50.8 Å². The van der Waals surface area contributed by atoms with Gasteiger partial charge in [-0.2, -0.15) is 5.10 Å². The second-order valence-corrected chi connectivity index (χ2v) is 8.84. The molecule has 0 saturated carbocycles. The number of rotatable bonds is 6. The van der Waals surface area contributed by atoms with E-state index >= 15 is 0 Å². The van der Waals surface area contributed by atoms with Crippen LogP contribution in [-0.4, -0.2) is 70.9 Å². The predicted molar refractivity (Wildman–Crippen MR) is 117 cm³/mol. The van der Waals surface area contributed by atoms with Crippen LogP contribution in [0, 0.1) is 5.92 Å². The van der Waals surface area contributed by atoms with E-state index in [9.17, 15) is 0 Å². The van der Waals surface area contributed by atoms with Gasteiger partial charge in [0.2, 0.25) is 0 Å². The molecular weight excluding hydrogens is 348 g/mol. The van der Waals surface area contributed by atoms with Crippen molar-refractivity contribution >= 4 is 5.96 Å². The Labute approximate surface area is 171 Å². The molecule has 0 aliphatic carbocycles. The minimum absolute atomic E-state index is 0.545. The van der Waals surface area contributed by atoms with Crippen LogP contribution in [0.15, 0.2) is 17.4 Å². The highest BCUT2D eigenvalue weighted by Crippen LogP contribution is 2.27. The van der Waals surface area contributed by atoms with Crippen molar-refractivity contribution in [2.24, 2.45) is 18.0 Å². The zero-order chi connectivity index (χ0) is 19.9. The number of aryl methyl sites for hydroxylation is 1. The molecule has 6 nitrogen and oxygen atoms in total. The Morgan fingerprint density at radius 2 is 1.96 bits per heavy atom. The van der Waals surface area contributed by atoms with Gasteiger partial charge in [0.05, 0.1) is 12.7 Å². The van der Waals surface area contributed by atoms with Gasteiger partial charge >= 0.3 is 0 Å². The Bertz CT molecular complexity index is 614. The van der Waals surface area contributed by atoms with Crippen molar-refractivity contribution in [3.8, 4) is 0 Å². The smallest absolute Gasteiger partial charge is 0.193 e. The van der Waals surface area contributed by atoms with Crippen LogP contribution in [-0.2, 0) is 7.05 Å². The number of nitrogens with one attached hydrogen (secondary N) is 1. The minimum atomic E-state index is 0.545. The van der Waals surface area contributed by atoms with E-state index in [1.54, 1.807) is 0 Å². The molecule has 0 aromatic carbocycles. The summed E-state index contributed by atoms with van der Waals surface area (Å²) in [5.74, 6) is 2.28. The third-order valence-electron chi connectivity index (χ3n) is 6.33. The number of hydrogen-bond acceptors (Lipinski definition) is 3. The molecule has 1 aromatic rings. The first-order chi connectivity index (χ1) is 13.6. The summed E-state index contributed by atoms with van der Waals surface area (Å²) in [7, 11) is 2.00. The minimum Gasteiger partial charge on any atom is -0.357 e. The maximum Gasteiger partial charge on any atom is 0.193 e. The molecule has 0 amide bonds. The van der Waals surface area contributed by atoms with Gasteiger partial charge in [0, 0.05) is 44.8 Å². The Hall–Kier alpha value is -1.56. The average Bonchev–Trinajstić information content (AvgIpc) is 3.24. The third-order valence-corrected chi connectivity index (χ3v) is 6.33. The van der Waals surface area contributed by atoms with E-state index in [-0.39, 0.29) is 0 Å². The summed E-state index contributed by atoms with van der Waals surface area (Å²) >= 11 is 0. The van der Waals surface area contributed by atoms with Crippen molar-refractivity contribution < 1.29 is 0 Å². The van der Waals surface area contributed by atoms with Crippen molar-refractivity contribution in [1.82, 2.24) is 24.9 Å². The van der Waals surface area contributed by atoms with Gasteiger partial charge in [0.15, 0.2) is 5.96 Å². The molecule has 2 atom stereocenters. The predicted octanol–water partition coefficient (Wildman–Crippen LogP) is 3.08. The molecule has 2 aliphatic rings. The van der Waals surface area contributed by atoms with Crippen LogP contribution in [0.4, 0.5) is 0 Å². The van der Waals surface area contributed by atoms with E-state index in [1.807, 2.05) is 17.9 Å². The molecule has 1 N–H and O–H groups in total. The van der Waals surface area contributed by atoms with E-state index in [2.05, 4.69) is 47.2 Å². The molecule has 3 rings (SSSR count). The zero-order valence-corrected chi connectivity index (χ0v) is 18.4. The van der Waals surface area contributed by atoms with Crippen LogP contribution in [0.2, 0.25) is 0 Å². The largest absolute Gasteiger partial charge is 0.357 e. The zero-order valence-electron chi connectivity index (χ0n) is 18.4. The van der Waals surface area contributed by atoms with Gasteiger partial charge in [-0.05, 0) is 50.8 Å². The van der Waals surface area contributed by atoms with E-state index in [0.717, 1.165) is 32.1 Å². The quantitative estimate of drug-likeness (QED) is 0.601. The van der Waals surface area contributed by atoms with Gasteiger partial charge in [-0.15, -0.1) is 0 Å². The molecule has 2 aliphatic heterocycles. The maximum absolute atomic E-state index is 5.13. The van der Waals surface area contributed by atoms with Gasteiger partial charge < -0.3 is 10.2 Å². The molecular formula is C22H40N6. The molecule has 0 bridgehead atoms. The Balaban J connectivity index is 1.65. The molecule has 2 unspecified atom stereocenters. The van der Waals surface area contributed by atoms with E-state index in [0.29, 0.717) is 17.9 Å². The fourth-order valence-electron chi connectivity index (χ4n) is 4.66. The van der Waals surface area contributed by atoms with Crippen LogP contribution in [0.5, 0.6) is 0 Å². The molecule has 2 fully saturated rings. The number of likely N-dealkylation sites (tertiary alicyclic amines) is 2. The lowest BCUT2D eigenvalue weighted by Gasteiger charge is -2.33. The molecule has 6 heteroatoms. The SMILES string of the molecule is CCNC(=NCC(C(C)C)N1CCCCCC1)N1CCC(c2cnn(C)c2)C1. The fraction of sp³-hybridized carbons (Fsp3) is 0.818. The second-order valence-electron chi connectivity index (χ2n) is 8.84. The number of hydrogen-bond donors (Lipinski definition) is 1. The van der Waals surface area contributed by atoms with Crippen molar-refractivity contribution in [3.05, 3.63) is 18.0 Å². The Kier molecular flexibility index (Phi) is 7.77. The van der Waals surface area contributed by atoms with Crippen molar-refractivity contribution in [2.75, 3.05) is 39.3 Å². The highest BCUT2D eigenvalue weighted by molar-refractivity contribution is 5.80. The Morgan fingerprint density at radius 3 is 2.57 bits per heavy atom. The molecule has 0 radical (unpaired) electrons. The molecule has 2 saturated heterocycles. The fourth-order valence-corrected chi connectivity index (χ4v) is 4.66. The Morgan fingerprint density at radius 1 is 1.21 bits per heavy atom. The topological polar surface area (TPSA) is 48.7 Å². The van der Waals surface area contributed by atoms with Crippen LogP contribution in [0.1, 0.15) is 64.4 Å². The van der Waals surface area contributed by atoms with Crippen LogP contribution in [0.25, 0.3) is 0 Å². The normalized spacial score (nSPS) is 23.2. The number of aliphatic imine (C=N–C) groups is 1. The summed E-state index contributed by atoms with van der Waals surface area (Å²) in [5, 5.41) is 7.90. The van der Waals surface area contributed by atoms with Crippen molar-refractivity contribution in [1.29, 1.82) is 0 Å². The summed E-state index contributed by atoms with van der Waals surface area (Å²) in [6.45, 7) is 13.3. The monoisotopic (exact) mass is 388 g/mol. The molecule has 28 heavy (non-hydrogen) atoms. The third kappa shape index (κ3) is 5.49. The van der Waals surface area contributed by atoms with Crippen molar-refractivity contribution in [3.63, 3.8) is 0 Å². The van der Waals surface area contributed by atoms with E-state index in [4.69, 9.17) is 4.99 Å². The highest BCUT2D eigenvalue weighted by Gasteiger charge is 2.28. The summed E-state index contributed by atoms with van der Waals surface area (Å²) in [6.07, 6.45) is 10.8. The standard InChI is InChI=1S/C22H40N6/c1-5-23-22(28-13-10-19(17-28)20-14-25-26(4)16-20)24-15-21(18(2)3)27-11-8-6-7-9-12-27/h14,16,18-19,21H,5-13,15,17H2,1-4H3,(H,23,24). The first-order valence-electron chi connectivity index (χ1n) is 11.3. The average molecular weight is 389 g/mol. The number of nitrogens with zero attached hydrogens (tertiary/aromatic N) is 5. The van der Waals surface area contributed by atoms with Crippen LogP contribution in [0.3, 0.4) is 0 Å². The summed E-state index contributed by atoms with van der Waals surface area (Å²) in [6, 6.07) is 0.545. The van der Waals surface area contributed by atoms with Gasteiger partial charge in [-0.3, -0.25) is 14.6 Å². The number of guanidine groups is 1. The van der Waals surface area contributed by atoms with Gasteiger partial charge in [-0.25, -0.2) is 0 Å². The summed E-state index contributed by atoms with van der Waals surface area (Å²) in [4.78, 5) is 10.3. The highest BCUT2D eigenvalue weighted by atomic mass is 15.3. The summed E-state index contributed by atoms with van der Waals surface area (Å²) < 4.78 is 1.91. The second kappa shape index (κ2) is 10.3. The summed E-state index contributed by atoms with van der Waals surface area (Å²) in [5.41, 5.74) is 1.35. The lowest BCUT2D eigenvalue weighted by Crippen LogP contribution is -2.44. The van der Waals surface area contributed by atoms with Gasteiger partial charge in [0.1, 0.15) is 0 Å². The lowest BCUT2D eigenvalue weighted by molar-refractivity contribution is 0.165. The van der Waals surface area contributed by atoms with Crippen molar-refractivity contribution in [2.45, 2.75) is 64.8 Å². The number of aromatic nitrogens is 2. The van der Waals surface area contributed by atoms with Gasteiger partial charge in [0.25, 0.3) is 0 Å². The molecule has 3 heterocycles. The molecule has 1 aromatic heterocycles. The first kappa shape index (κ1) is 21.2. The first-order valence-corrected chi connectivity index (χ1v) is 11.3. The molecule has 0 spiro atoms. The molecule has 158 valence electrons. The van der Waals surface area contributed by atoms with Crippen LogP contribution < -0.4 is 5.32 Å². The lowest BCUT2D eigenvalue weighted by atomic mass is 10.0. The maximum atomic E-state index is 5.13. The van der Waals surface area contributed by atoms with Crippen LogP contribution >= 0.6 is 0 Å². The van der Waals surface area contributed by atoms with E-state index < -0.39 is 0 Å².